The molecule has 1 aromatic rings. The number of piperidine rings is 1. The van der Waals surface area contributed by atoms with E-state index in [0.717, 1.165) is 37.2 Å². The van der Waals surface area contributed by atoms with Crippen molar-refractivity contribution in [2.24, 2.45) is 0 Å². The number of methoxy groups -OCH3 is 1. The van der Waals surface area contributed by atoms with Gasteiger partial charge in [-0.25, -0.2) is 0 Å². The van der Waals surface area contributed by atoms with Crippen LogP contribution in [-0.4, -0.2) is 62.2 Å². The Kier molecular flexibility index (Phi) is 5.57. The third-order valence-electron chi connectivity index (χ3n) is 4.96. The van der Waals surface area contributed by atoms with Gasteiger partial charge in [-0.15, -0.1) is 0 Å². The highest BCUT2D eigenvalue weighted by Gasteiger charge is 2.36. The molecule has 6 nitrogen and oxygen atoms in total. The van der Waals surface area contributed by atoms with Gasteiger partial charge < -0.3 is 19.3 Å². The van der Waals surface area contributed by atoms with E-state index in [1.165, 1.54) is 0 Å². The van der Waals surface area contributed by atoms with Crippen molar-refractivity contribution in [3.8, 4) is 11.8 Å². The van der Waals surface area contributed by atoms with Gasteiger partial charge in [0.1, 0.15) is 17.9 Å². The van der Waals surface area contributed by atoms with Crippen LogP contribution < -0.4 is 4.74 Å². The minimum atomic E-state index is -0.541. The Balaban J connectivity index is 1.73. The second-order valence-electron chi connectivity index (χ2n) is 6.75. The third kappa shape index (κ3) is 3.78. The molecule has 2 heterocycles. The molecule has 3 rings (SSSR count). The molecule has 1 saturated heterocycles. The van der Waals surface area contributed by atoms with Gasteiger partial charge in [-0.05, 0) is 44.5 Å². The largest absolute Gasteiger partial charge is 0.490 e. The first kappa shape index (κ1) is 17.7. The van der Waals surface area contributed by atoms with Crippen LogP contribution in [0.5, 0.6) is 5.75 Å². The van der Waals surface area contributed by atoms with E-state index in [2.05, 4.69) is 18.0 Å². The highest BCUT2D eigenvalue weighted by atomic mass is 16.5. The maximum atomic E-state index is 12.6. The van der Waals surface area contributed by atoms with Gasteiger partial charge in [0, 0.05) is 44.5 Å². The van der Waals surface area contributed by atoms with Crippen LogP contribution in [-0.2, 0) is 4.74 Å². The second-order valence-corrected chi connectivity index (χ2v) is 6.75. The average Bonchev–Trinajstić information content (AvgIpc) is 2.88. The zero-order chi connectivity index (χ0) is 17.8. The van der Waals surface area contributed by atoms with E-state index in [1.807, 2.05) is 12.1 Å². The molecule has 0 spiro atoms. The van der Waals surface area contributed by atoms with Gasteiger partial charge >= 0.3 is 0 Å². The maximum Gasteiger partial charge on any atom is 0.255 e. The average molecular weight is 343 g/mol. The number of benzene rings is 1. The van der Waals surface area contributed by atoms with Gasteiger partial charge in [0.05, 0.1) is 6.07 Å². The van der Waals surface area contributed by atoms with E-state index in [1.54, 1.807) is 18.1 Å². The van der Waals surface area contributed by atoms with E-state index in [0.29, 0.717) is 25.1 Å². The lowest BCUT2D eigenvalue weighted by Crippen LogP contribution is -2.35. The Morgan fingerprint density at radius 2 is 2.08 bits per heavy atom. The summed E-state index contributed by atoms with van der Waals surface area (Å²) in [6.07, 6.45) is 2.91. The van der Waals surface area contributed by atoms with Gasteiger partial charge in [-0.1, -0.05) is 0 Å². The zero-order valence-electron chi connectivity index (χ0n) is 14.9. The van der Waals surface area contributed by atoms with Crippen LogP contribution >= 0.6 is 0 Å². The Hall–Kier alpha value is -2.10. The molecular formula is C19H25N3O3. The van der Waals surface area contributed by atoms with Crippen molar-refractivity contribution in [3.63, 3.8) is 0 Å². The molecule has 0 N–H and O–H groups in total. The molecule has 0 aromatic heterocycles. The number of rotatable bonds is 6. The molecule has 0 bridgehead atoms. The number of carbonyl (C=O) groups excluding carboxylic acids is 1. The minimum absolute atomic E-state index is 0.0801. The quantitative estimate of drug-likeness (QED) is 0.741. The standard InChI is InChI=1S/C19H25N3O3/c1-21-9-6-14(7-10-21)25-15-4-5-16-17(12-15)18(13-20)22(19(16)23)8-3-11-24-2/h4-5,12,14,18H,3,6-11H2,1-2H3. The van der Waals surface area contributed by atoms with Crippen LogP contribution in [0.4, 0.5) is 0 Å². The molecular weight excluding hydrogens is 318 g/mol. The Morgan fingerprint density at radius 1 is 1.32 bits per heavy atom. The Morgan fingerprint density at radius 3 is 2.76 bits per heavy atom. The Labute approximate surface area is 148 Å². The maximum absolute atomic E-state index is 12.6. The monoisotopic (exact) mass is 343 g/mol. The predicted octanol–water partition coefficient (Wildman–Crippen LogP) is 2.22. The van der Waals surface area contributed by atoms with E-state index in [4.69, 9.17) is 9.47 Å². The first-order valence-corrected chi connectivity index (χ1v) is 8.82. The van der Waals surface area contributed by atoms with Gasteiger partial charge in [0.25, 0.3) is 5.91 Å². The number of hydrogen-bond donors (Lipinski definition) is 0. The highest BCUT2D eigenvalue weighted by molar-refractivity contribution is 5.99. The molecule has 1 amide bonds. The number of ether oxygens (including phenoxy) is 2. The van der Waals surface area contributed by atoms with Gasteiger partial charge in [-0.3, -0.25) is 4.79 Å². The van der Waals surface area contributed by atoms with E-state index >= 15 is 0 Å². The fraction of sp³-hybridized carbons (Fsp3) is 0.579. The van der Waals surface area contributed by atoms with Gasteiger partial charge in [0.2, 0.25) is 0 Å². The molecule has 0 aliphatic carbocycles. The molecule has 25 heavy (non-hydrogen) atoms. The van der Waals surface area contributed by atoms with Crippen molar-refractivity contribution in [3.05, 3.63) is 29.3 Å². The second kappa shape index (κ2) is 7.85. The number of amides is 1. The zero-order valence-corrected chi connectivity index (χ0v) is 14.9. The first-order valence-electron chi connectivity index (χ1n) is 8.82. The van der Waals surface area contributed by atoms with Crippen molar-refractivity contribution in [1.82, 2.24) is 9.80 Å². The molecule has 1 fully saturated rings. The van der Waals surface area contributed by atoms with Crippen molar-refractivity contribution < 1.29 is 14.3 Å². The third-order valence-corrected chi connectivity index (χ3v) is 4.96. The SMILES string of the molecule is COCCCN1C(=O)c2ccc(OC3CCN(C)CC3)cc2C1C#N. The molecule has 2 aliphatic rings. The fourth-order valence-electron chi connectivity index (χ4n) is 3.52. The Bertz CT molecular complexity index is 662. The van der Waals surface area contributed by atoms with Gasteiger partial charge in [0.15, 0.2) is 0 Å². The van der Waals surface area contributed by atoms with Crippen molar-refractivity contribution in [2.45, 2.75) is 31.4 Å². The summed E-state index contributed by atoms with van der Waals surface area (Å²) < 4.78 is 11.2. The summed E-state index contributed by atoms with van der Waals surface area (Å²) in [5, 5.41) is 9.58. The predicted molar refractivity (Wildman–Crippen MR) is 93.5 cm³/mol. The van der Waals surface area contributed by atoms with Crippen LogP contribution in [0.15, 0.2) is 18.2 Å². The molecule has 0 radical (unpaired) electrons. The molecule has 1 unspecified atom stereocenters. The van der Waals surface area contributed by atoms with Crippen LogP contribution in [0, 0.1) is 11.3 Å². The molecule has 134 valence electrons. The smallest absolute Gasteiger partial charge is 0.255 e. The first-order chi connectivity index (χ1) is 12.1. The van der Waals surface area contributed by atoms with Gasteiger partial charge in [-0.2, -0.15) is 5.26 Å². The van der Waals surface area contributed by atoms with Crippen LogP contribution in [0.25, 0.3) is 0 Å². The summed E-state index contributed by atoms with van der Waals surface area (Å²) in [6.45, 7) is 3.15. The lowest BCUT2D eigenvalue weighted by molar-refractivity contribution is 0.0737. The summed E-state index contributed by atoms with van der Waals surface area (Å²) in [6, 6.07) is 7.24. The molecule has 1 aromatic carbocycles. The molecule has 1 atom stereocenters. The van der Waals surface area contributed by atoms with Crippen molar-refractivity contribution >= 4 is 5.91 Å². The molecule has 2 aliphatic heterocycles. The number of fused-ring (bicyclic) bond motifs is 1. The molecule has 6 heteroatoms. The number of likely N-dealkylation sites (tertiary alicyclic amines) is 1. The minimum Gasteiger partial charge on any atom is -0.490 e. The summed E-state index contributed by atoms with van der Waals surface area (Å²) in [7, 11) is 3.75. The van der Waals surface area contributed by atoms with E-state index in [9.17, 15) is 10.1 Å². The summed E-state index contributed by atoms with van der Waals surface area (Å²) in [5.41, 5.74) is 1.37. The van der Waals surface area contributed by atoms with Crippen LogP contribution in [0.2, 0.25) is 0 Å². The number of nitrogens with zero attached hydrogens (tertiary/aromatic N) is 3. The number of carbonyl (C=O) groups is 1. The summed E-state index contributed by atoms with van der Waals surface area (Å²) >= 11 is 0. The van der Waals surface area contributed by atoms with E-state index < -0.39 is 6.04 Å². The summed E-state index contributed by atoms with van der Waals surface area (Å²) in [5.74, 6) is 0.670. The van der Waals surface area contributed by atoms with Crippen molar-refractivity contribution in [1.29, 1.82) is 5.26 Å². The van der Waals surface area contributed by atoms with E-state index in [-0.39, 0.29) is 12.0 Å². The lowest BCUT2D eigenvalue weighted by atomic mass is 10.0. The molecule has 0 saturated carbocycles. The summed E-state index contributed by atoms with van der Waals surface area (Å²) in [4.78, 5) is 16.5. The van der Waals surface area contributed by atoms with Crippen molar-refractivity contribution in [2.75, 3.05) is 40.4 Å². The lowest BCUT2D eigenvalue weighted by Gasteiger charge is -2.29. The normalized spacial score (nSPS) is 21.2. The highest BCUT2D eigenvalue weighted by Crippen LogP contribution is 2.36. The number of hydrogen-bond acceptors (Lipinski definition) is 5. The van der Waals surface area contributed by atoms with Crippen LogP contribution in [0.1, 0.15) is 41.2 Å². The topological polar surface area (TPSA) is 65.8 Å². The van der Waals surface area contributed by atoms with Crippen LogP contribution in [0.3, 0.4) is 0 Å². The fourth-order valence-corrected chi connectivity index (χ4v) is 3.52. The number of nitriles is 1.